The Balaban J connectivity index is 2.10. The van der Waals surface area contributed by atoms with Crippen molar-refractivity contribution in [3.63, 3.8) is 0 Å². The molecular formula is C27H27FN+. The lowest BCUT2D eigenvalue weighted by atomic mass is 9.92. The van der Waals surface area contributed by atoms with Crippen molar-refractivity contribution in [2.75, 3.05) is 0 Å². The fourth-order valence-corrected chi connectivity index (χ4v) is 3.95. The number of halogens is 1. The Kier molecular flexibility index (Phi) is 4.63. The van der Waals surface area contributed by atoms with Gasteiger partial charge in [-0.25, -0.2) is 4.39 Å². The van der Waals surface area contributed by atoms with Gasteiger partial charge in [0.15, 0.2) is 5.69 Å². The summed E-state index contributed by atoms with van der Waals surface area (Å²) in [6, 6.07) is 20.1. The standard InChI is InChI=1S/C27H27FN/c1-17(2)21-11-12-22-14-19(4)29(5)27(25(22)15-21)23-16-24(26(28)13-18(23)3)20-9-7-6-8-10-20/h6-17H,1-5H3/q+1/i14D. The number of pyridine rings is 1. The van der Waals surface area contributed by atoms with Crippen LogP contribution in [0.3, 0.4) is 0 Å². The molecule has 29 heavy (non-hydrogen) atoms. The monoisotopic (exact) mass is 385 g/mol. The maximum Gasteiger partial charge on any atom is 0.220 e. The molecule has 0 aliphatic heterocycles. The van der Waals surface area contributed by atoms with Crippen LogP contribution in [0.2, 0.25) is 0 Å². The number of hydrogen-bond acceptors (Lipinski definition) is 0. The smallest absolute Gasteiger partial charge is 0.206 e. The van der Waals surface area contributed by atoms with Gasteiger partial charge in [0.2, 0.25) is 5.69 Å². The molecule has 0 spiro atoms. The minimum atomic E-state index is -0.217. The Hall–Kier alpha value is -3.00. The van der Waals surface area contributed by atoms with Crippen molar-refractivity contribution in [1.82, 2.24) is 0 Å². The highest BCUT2D eigenvalue weighted by Crippen LogP contribution is 2.35. The molecule has 0 radical (unpaired) electrons. The second-order valence-electron chi connectivity index (χ2n) is 8.09. The fourth-order valence-electron chi connectivity index (χ4n) is 3.95. The van der Waals surface area contributed by atoms with Gasteiger partial charge in [-0.15, -0.1) is 0 Å². The minimum Gasteiger partial charge on any atom is -0.206 e. The van der Waals surface area contributed by atoms with Crippen LogP contribution in [0.4, 0.5) is 4.39 Å². The lowest BCUT2D eigenvalue weighted by Gasteiger charge is -2.14. The summed E-state index contributed by atoms with van der Waals surface area (Å²) >= 11 is 0. The van der Waals surface area contributed by atoms with E-state index in [1.165, 1.54) is 5.56 Å². The Labute approximate surface area is 173 Å². The first-order valence-corrected chi connectivity index (χ1v) is 10.1. The maximum absolute atomic E-state index is 14.9. The average Bonchev–Trinajstić information content (AvgIpc) is 2.73. The fraction of sp³-hybridized carbons (Fsp3) is 0.222. The van der Waals surface area contributed by atoms with Gasteiger partial charge in [-0.05, 0) is 53.1 Å². The first-order valence-electron chi connectivity index (χ1n) is 10.6. The van der Waals surface area contributed by atoms with E-state index in [1.54, 1.807) is 6.07 Å². The Morgan fingerprint density at radius 1 is 0.931 bits per heavy atom. The van der Waals surface area contributed by atoms with E-state index in [-0.39, 0.29) is 5.82 Å². The summed E-state index contributed by atoms with van der Waals surface area (Å²) in [6.45, 7) is 8.27. The van der Waals surface area contributed by atoms with E-state index >= 15 is 0 Å². The molecule has 0 bridgehead atoms. The maximum atomic E-state index is 14.9. The molecule has 4 rings (SSSR count). The minimum absolute atomic E-state index is 0.217. The topological polar surface area (TPSA) is 3.88 Å². The first kappa shape index (κ1) is 18.1. The molecule has 0 aliphatic carbocycles. The molecule has 146 valence electrons. The summed E-state index contributed by atoms with van der Waals surface area (Å²) < 4.78 is 25.6. The quantitative estimate of drug-likeness (QED) is 0.339. The molecule has 3 aromatic carbocycles. The molecule has 0 atom stereocenters. The summed E-state index contributed by atoms with van der Waals surface area (Å²) in [4.78, 5) is 0. The van der Waals surface area contributed by atoms with Crippen LogP contribution in [0.15, 0.2) is 66.7 Å². The number of nitrogens with zero attached hydrogens (tertiary/aromatic N) is 1. The van der Waals surface area contributed by atoms with E-state index in [0.29, 0.717) is 17.5 Å². The molecule has 0 fully saturated rings. The Morgan fingerprint density at radius 3 is 2.34 bits per heavy atom. The lowest BCUT2D eigenvalue weighted by Crippen LogP contribution is -2.35. The summed E-state index contributed by atoms with van der Waals surface area (Å²) in [5.41, 5.74) is 6.48. The highest BCUT2D eigenvalue weighted by Gasteiger charge is 2.22. The molecule has 0 saturated carbocycles. The highest BCUT2D eigenvalue weighted by molar-refractivity contribution is 5.95. The van der Waals surface area contributed by atoms with Crippen molar-refractivity contribution >= 4 is 10.8 Å². The van der Waals surface area contributed by atoms with Crippen LogP contribution < -0.4 is 4.57 Å². The second-order valence-corrected chi connectivity index (χ2v) is 8.09. The summed E-state index contributed by atoms with van der Waals surface area (Å²) in [6.07, 6.45) is 0. The third-order valence-corrected chi connectivity index (χ3v) is 5.77. The number of rotatable bonds is 3. The zero-order chi connectivity index (χ0) is 21.6. The Morgan fingerprint density at radius 2 is 1.66 bits per heavy atom. The summed E-state index contributed by atoms with van der Waals surface area (Å²) in [7, 11) is 2.00. The molecule has 1 aromatic heterocycles. The molecule has 0 saturated heterocycles. The van der Waals surface area contributed by atoms with Gasteiger partial charge in [-0.3, -0.25) is 0 Å². The number of aromatic nitrogens is 1. The van der Waals surface area contributed by atoms with Gasteiger partial charge in [-0.2, -0.15) is 4.57 Å². The summed E-state index contributed by atoms with van der Waals surface area (Å²) in [5.74, 6) is 0.170. The van der Waals surface area contributed by atoms with Crippen LogP contribution in [0.1, 0.15) is 38.0 Å². The lowest BCUT2D eigenvalue weighted by molar-refractivity contribution is -0.665. The van der Waals surface area contributed by atoms with E-state index < -0.39 is 0 Å². The van der Waals surface area contributed by atoms with E-state index in [2.05, 4.69) is 36.6 Å². The largest absolute Gasteiger partial charge is 0.220 e. The van der Waals surface area contributed by atoms with Crippen LogP contribution >= 0.6 is 0 Å². The Bertz CT molecular complexity index is 1260. The average molecular weight is 386 g/mol. The number of fused-ring (bicyclic) bond motifs is 1. The zero-order valence-corrected chi connectivity index (χ0v) is 17.7. The SMILES string of the molecule is [2H]c1c(C)[n+](C)c(-c2cc(-c3ccccc3)c(F)cc2C)c2cc(C(C)C)ccc12. The predicted octanol–water partition coefficient (Wildman–Crippen LogP) is 6.88. The number of hydrogen-bond donors (Lipinski definition) is 0. The van der Waals surface area contributed by atoms with Gasteiger partial charge in [0.05, 0.1) is 12.3 Å². The zero-order valence-electron chi connectivity index (χ0n) is 18.7. The van der Waals surface area contributed by atoms with Crippen LogP contribution in [0, 0.1) is 19.7 Å². The third-order valence-electron chi connectivity index (χ3n) is 5.77. The van der Waals surface area contributed by atoms with Gasteiger partial charge < -0.3 is 0 Å². The third kappa shape index (κ3) is 3.44. The number of aryl methyl sites for hydroxylation is 1. The van der Waals surface area contributed by atoms with E-state index in [1.807, 2.05) is 57.3 Å². The van der Waals surface area contributed by atoms with Gasteiger partial charge in [0, 0.05) is 18.5 Å². The van der Waals surface area contributed by atoms with Gasteiger partial charge in [0.1, 0.15) is 12.9 Å². The van der Waals surface area contributed by atoms with Crippen LogP contribution in [0.25, 0.3) is 33.2 Å². The molecule has 1 heterocycles. The van der Waals surface area contributed by atoms with Crippen molar-refractivity contribution in [3.8, 4) is 22.4 Å². The van der Waals surface area contributed by atoms with Crippen molar-refractivity contribution in [1.29, 1.82) is 0 Å². The first-order chi connectivity index (χ1) is 14.3. The van der Waals surface area contributed by atoms with Crippen LogP contribution in [0.5, 0.6) is 0 Å². The summed E-state index contributed by atoms with van der Waals surface area (Å²) in [5, 5.41) is 1.96. The molecular weight excluding hydrogens is 357 g/mol. The molecule has 0 N–H and O–H groups in total. The van der Waals surface area contributed by atoms with E-state index in [0.717, 1.165) is 38.9 Å². The van der Waals surface area contributed by atoms with Crippen molar-refractivity contribution in [2.45, 2.75) is 33.6 Å². The van der Waals surface area contributed by atoms with Crippen LogP contribution in [-0.4, -0.2) is 0 Å². The predicted molar refractivity (Wildman–Crippen MR) is 120 cm³/mol. The van der Waals surface area contributed by atoms with Crippen molar-refractivity contribution in [3.05, 3.63) is 89.3 Å². The van der Waals surface area contributed by atoms with Gasteiger partial charge in [-0.1, -0.05) is 56.3 Å². The van der Waals surface area contributed by atoms with Crippen LogP contribution in [-0.2, 0) is 7.05 Å². The molecule has 0 amide bonds. The second kappa shape index (κ2) is 7.44. The molecule has 4 aromatic rings. The molecule has 1 nitrogen and oxygen atoms in total. The van der Waals surface area contributed by atoms with E-state index in [4.69, 9.17) is 1.37 Å². The van der Waals surface area contributed by atoms with Crippen molar-refractivity contribution in [2.24, 2.45) is 7.05 Å². The van der Waals surface area contributed by atoms with E-state index in [9.17, 15) is 4.39 Å². The van der Waals surface area contributed by atoms with Gasteiger partial charge >= 0.3 is 0 Å². The normalized spacial score (nSPS) is 11.9. The highest BCUT2D eigenvalue weighted by atomic mass is 19.1. The number of benzene rings is 3. The van der Waals surface area contributed by atoms with Crippen molar-refractivity contribution < 1.29 is 10.3 Å². The molecule has 0 aliphatic rings. The van der Waals surface area contributed by atoms with Gasteiger partial charge in [0.25, 0.3) is 0 Å². The molecule has 2 heteroatoms. The molecule has 0 unspecified atom stereocenters.